The van der Waals surface area contributed by atoms with Crippen molar-refractivity contribution in [2.45, 2.75) is 25.7 Å². The van der Waals surface area contributed by atoms with Crippen LogP contribution in [-0.4, -0.2) is 25.1 Å². The van der Waals surface area contributed by atoms with Gasteiger partial charge in [-0.05, 0) is 23.6 Å². The van der Waals surface area contributed by atoms with Crippen molar-refractivity contribution in [3.63, 3.8) is 0 Å². The molecule has 26 heavy (non-hydrogen) atoms. The van der Waals surface area contributed by atoms with Gasteiger partial charge >= 0.3 is 0 Å². The Morgan fingerprint density at radius 2 is 1.92 bits per heavy atom. The van der Waals surface area contributed by atoms with Gasteiger partial charge in [-0.3, -0.25) is 10.1 Å². The number of hydrogen-bond donors (Lipinski definition) is 2. The van der Waals surface area contributed by atoms with E-state index < -0.39 is 5.92 Å². The molecule has 2 N–H and O–H groups in total. The summed E-state index contributed by atoms with van der Waals surface area (Å²) in [5, 5.41) is 11.2. The van der Waals surface area contributed by atoms with Crippen LogP contribution in [-0.2, 0) is 5.92 Å². The molecule has 1 aromatic carbocycles. The van der Waals surface area contributed by atoms with Gasteiger partial charge in [-0.25, -0.2) is 9.97 Å². The number of alkyl halides is 2. The quantitative estimate of drug-likeness (QED) is 0.550. The summed E-state index contributed by atoms with van der Waals surface area (Å²) in [5.41, 5.74) is 1.66. The van der Waals surface area contributed by atoms with E-state index in [4.69, 9.17) is 0 Å². The monoisotopic (exact) mass is 354 g/mol. The van der Waals surface area contributed by atoms with E-state index in [1.165, 1.54) is 6.20 Å². The summed E-state index contributed by atoms with van der Waals surface area (Å²) in [6.07, 6.45) is 4.73. The molecule has 0 aliphatic carbocycles. The van der Waals surface area contributed by atoms with Crippen molar-refractivity contribution >= 4 is 33.4 Å². The number of pyridine rings is 1. The molecule has 8 heteroatoms. The van der Waals surface area contributed by atoms with E-state index in [1.807, 2.05) is 0 Å². The molecular formula is C18H16F2N6. The van der Waals surface area contributed by atoms with Gasteiger partial charge in [0.1, 0.15) is 5.69 Å². The molecule has 0 aliphatic rings. The second-order valence-corrected chi connectivity index (χ2v) is 6.00. The number of fused-ring (bicyclic) bond motifs is 2. The van der Waals surface area contributed by atoms with Crippen LogP contribution in [0.3, 0.4) is 0 Å². The second-order valence-electron chi connectivity index (χ2n) is 6.00. The summed E-state index contributed by atoms with van der Waals surface area (Å²) < 4.78 is 28.7. The van der Waals surface area contributed by atoms with Crippen LogP contribution in [0.25, 0.3) is 21.9 Å². The largest absolute Gasteiger partial charge is 0.339 e. The molecule has 132 valence electrons. The minimum Gasteiger partial charge on any atom is -0.339 e. The minimum absolute atomic E-state index is 0.179. The molecule has 0 amide bonds. The van der Waals surface area contributed by atoms with Gasteiger partial charge in [-0.1, -0.05) is 19.4 Å². The third-order valence-corrected chi connectivity index (χ3v) is 4.13. The standard InChI is InChI=1S/C18H16F2N6/c1-2-6-18(19,20)15-13-4-3-12(10-11(13)5-7-22-15)24-17-14-16(25-26-17)23-9-8-21-14/h3-5,7-10H,2,6H2,1H3,(H2,23,24,25,26). The molecule has 0 atom stereocenters. The zero-order valence-electron chi connectivity index (χ0n) is 14.0. The van der Waals surface area contributed by atoms with Crippen LogP contribution in [0.2, 0.25) is 0 Å². The van der Waals surface area contributed by atoms with Crippen LogP contribution in [0.4, 0.5) is 20.3 Å². The molecule has 0 aliphatic heterocycles. The number of nitrogens with one attached hydrogen (secondary N) is 2. The van der Waals surface area contributed by atoms with Crippen molar-refractivity contribution in [3.8, 4) is 0 Å². The Bertz CT molecular complexity index is 1080. The van der Waals surface area contributed by atoms with Gasteiger partial charge < -0.3 is 5.32 Å². The third kappa shape index (κ3) is 2.83. The summed E-state index contributed by atoms with van der Waals surface area (Å²) >= 11 is 0. The number of aromatic amines is 1. The molecule has 6 nitrogen and oxygen atoms in total. The fourth-order valence-corrected chi connectivity index (χ4v) is 2.96. The maximum absolute atomic E-state index is 14.4. The number of H-pyrrole nitrogens is 1. The summed E-state index contributed by atoms with van der Waals surface area (Å²) in [4.78, 5) is 12.3. The number of anilines is 2. The fourth-order valence-electron chi connectivity index (χ4n) is 2.96. The highest BCUT2D eigenvalue weighted by molar-refractivity contribution is 5.90. The Labute approximate surface area is 147 Å². The van der Waals surface area contributed by atoms with Crippen LogP contribution < -0.4 is 5.32 Å². The van der Waals surface area contributed by atoms with E-state index in [0.717, 1.165) is 5.69 Å². The van der Waals surface area contributed by atoms with Crippen LogP contribution in [0.1, 0.15) is 25.5 Å². The average molecular weight is 354 g/mol. The highest BCUT2D eigenvalue weighted by atomic mass is 19.3. The molecule has 3 heterocycles. The smallest absolute Gasteiger partial charge is 0.290 e. The molecular weight excluding hydrogens is 338 g/mol. The van der Waals surface area contributed by atoms with Crippen molar-refractivity contribution < 1.29 is 8.78 Å². The fraction of sp³-hybridized carbons (Fsp3) is 0.222. The first-order valence-electron chi connectivity index (χ1n) is 8.27. The normalized spacial score (nSPS) is 12.0. The number of aromatic nitrogens is 5. The highest BCUT2D eigenvalue weighted by Gasteiger charge is 2.33. The van der Waals surface area contributed by atoms with Gasteiger partial charge in [0.2, 0.25) is 5.65 Å². The van der Waals surface area contributed by atoms with Crippen molar-refractivity contribution in [1.82, 2.24) is 25.1 Å². The molecule has 0 spiro atoms. The average Bonchev–Trinajstić information content (AvgIpc) is 3.04. The van der Waals surface area contributed by atoms with Crippen molar-refractivity contribution in [2.24, 2.45) is 0 Å². The maximum Gasteiger partial charge on any atom is 0.290 e. The van der Waals surface area contributed by atoms with Crippen LogP contribution in [0.15, 0.2) is 42.9 Å². The molecule has 0 saturated heterocycles. The van der Waals surface area contributed by atoms with E-state index in [2.05, 4.69) is 30.5 Å². The van der Waals surface area contributed by atoms with Gasteiger partial charge in [0.05, 0.1) is 0 Å². The van der Waals surface area contributed by atoms with Crippen molar-refractivity contribution in [2.75, 3.05) is 5.32 Å². The lowest BCUT2D eigenvalue weighted by Crippen LogP contribution is -2.15. The van der Waals surface area contributed by atoms with Crippen LogP contribution >= 0.6 is 0 Å². The summed E-state index contributed by atoms with van der Waals surface area (Å²) in [6, 6.07) is 6.91. The predicted molar refractivity (Wildman–Crippen MR) is 95.5 cm³/mol. The van der Waals surface area contributed by atoms with Gasteiger partial charge in [0.15, 0.2) is 11.3 Å². The second kappa shape index (κ2) is 6.29. The number of halogens is 2. The van der Waals surface area contributed by atoms with Gasteiger partial charge in [0, 0.05) is 36.1 Å². The summed E-state index contributed by atoms with van der Waals surface area (Å²) in [6.45, 7) is 1.73. The van der Waals surface area contributed by atoms with E-state index in [9.17, 15) is 8.78 Å². The lowest BCUT2D eigenvalue weighted by Gasteiger charge is -2.17. The van der Waals surface area contributed by atoms with Crippen LogP contribution in [0.5, 0.6) is 0 Å². The first kappa shape index (κ1) is 16.3. The molecule has 4 rings (SSSR count). The molecule has 0 bridgehead atoms. The first-order valence-corrected chi connectivity index (χ1v) is 8.27. The first-order chi connectivity index (χ1) is 12.6. The van der Waals surface area contributed by atoms with E-state index in [-0.39, 0.29) is 12.1 Å². The van der Waals surface area contributed by atoms with Gasteiger partial charge in [-0.2, -0.15) is 13.9 Å². The minimum atomic E-state index is -2.95. The predicted octanol–water partition coefficient (Wildman–Crippen LogP) is 4.54. The number of benzene rings is 1. The summed E-state index contributed by atoms with van der Waals surface area (Å²) in [7, 11) is 0. The summed E-state index contributed by atoms with van der Waals surface area (Å²) in [5.74, 6) is -2.35. The van der Waals surface area contributed by atoms with Gasteiger partial charge in [0.25, 0.3) is 5.92 Å². The Kier molecular flexibility index (Phi) is 3.95. The Balaban J connectivity index is 1.72. The number of rotatable bonds is 5. The van der Waals surface area contributed by atoms with Gasteiger partial charge in [-0.15, -0.1) is 0 Å². The maximum atomic E-state index is 14.4. The SMILES string of the molecule is CCCC(F)(F)c1nccc2cc(Nc3[nH]nc4nccnc34)ccc12. The van der Waals surface area contributed by atoms with Crippen LogP contribution in [0, 0.1) is 0 Å². The molecule has 0 radical (unpaired) electrons. The number of hydrogen-bond acceptors (Lipinski definition) is 5. The van der Waals surface area contributed by atoms with Crippen molar-refractivity contribution in [3.05, 3.63) is 48.5 Å². The molecule has 0 fully saturated rings. The number of nitrogens with zero attached hydrogens (tertiary/aromatic N) is 4. The molecule has 3 aromatic heterocycles. The van der Waals surface area contributed by atoms with E-state index in [0.29, 0.717) is 34.2 Å². The Hall–Kier alpha value is -3.16. The lowest BCUT2D eigenvalue weighted by molar-refractivity contribution is -0.0167. The zero-order valence-corrected chi connectivity index (χ0v) is 14.0. The molecule has 0 saturated carbocycles. The Morgan fingerprint density at radius 3 is 2.77 bits per heavy atom. The van der Waals surface area contributed by atoms with Crippen molar-refractivity contribution in [1.29, 1.82) is 0 Å². The van der Waals surface area contributed by atoms with E-state index >= 15 is 0 Å². The topological polar surface area (TPSA) is 79.4 Å². The molecule has 4 aromatic rings. The lowest BCUT2D eigenvalue weighted by atomic mass is 10.0. The van der Waals surface area contributed by atoms with E-state index in [1.54, 1.807) is 43.6 Å². The Morgan fingerprint density at radius 1 is 1.08 bits per heavy atom. The molecule has 0 unspecified atom stereocenters. The highest BCUT2D eigenvalue weighted by Crippen LogP contribution is 2.36. The third-order valence-electron chi connectivity index (χ3n) is 4.13. The zero-order chi connectivity index (χ0) is 18.1.